The normalized spacial score (nSPS) is 21.3. The summed E-state index contributed by atoms with van der Waals surface area (Å²) in [6.07, 6.45) is 9.72. The van der Waals surface area contributed by atoms with E-state index in [1.807, 2.05) is 12.4 Å². The molecular formula is C14H24N2O2. The molecule has 0 saturated carbocycles. The number of imidazole rings is 1. The van der Waals surface area contributed by atoms with E-state index in [9.17, 15) is 5.11 Å². The molecule has 0 spiro atoms. The SMILES string of the molecule is CCCn1ccnc1CC(O)CCC1CCCO1. The van der Waals surface area contributed by atoms with Crippen molar-refractivity contribution >= 4 is 0 Å². The zero-order valence-corrected chi connectivity index (χ0v) is 11.2. The number of hydrogen-bond acceptors (Lipinski definition) is 3. The summed E-state index contributed by atoms with van der Waals surface area (Å²) >= 11 is 0. The number of nitrogens with zero attached hydrogens (tertiary/aromatic N) is 2. The smallest absolute Gasteiger partial charge is 0.111 e. The van der Waals surface area contributed by atoms with E-state index in [0.717, 1.165) is 44.7 Å². The highest BCUT2D eigenvalue weighted by Gasteiger charge is 2.18. The fourth-order valence-corrected chi connectivity index (χ4v) is 2.54. The third-order valence-corrected chi connectivity index (χ3v) is 3.53. The van der Waals surface area contributed by atoms with E-state index in [2.05, 4.69) is 16.5 Å². The Morgan fingerprint density at radius 1 is 1.61 bits per heavy atom. The Morgan fingerprint density at radius 3 is 3.22 bits per heavy atom. The van der Waals surface area contributed by atoms with Crippen LogP contribution >= 0.6 is 0 Å². The van der Waals surface area contributed by atoms with Crippen molar-refractivity contribution in [2.24, 2.45) is 0 Å². The summed E-state index contributed by atoms with van der Waals surface area (Å²) < 4.78 is 7.70. The number of rotatable bonds is 7. The van der Waals surface area contributed by atoms with Crippen LogP contribution in [0.4, 0.5) is 0 Å². The molecule has 1 fully saturated rings. The van der Waals surface area contributed by atoms with Crippen molar-refractivity contribution in [3.63, 3.8) is 0 Å². The standard InChI is InChI=1S/C14H24N2O2/c1-2-8-16-9-7-15-14(16)11-12(17)5-6-13-4-3-10-18-13/h7,9,12-13,17H,2-6,8,10-11H2,1H3. The lowest BCUT2D eigenvalue weighted by Crippen LogP contribution is -2.17. The van der Waals surface area contributed by atoms with Crippen molar-refractivity contribution in [1.29, 1.82) is 0 Å². The molecular weight excluding hydrogens is 228 g/mol. The molecule has 0 bridgehead atoms. The van der Waals surface area contributed by atoms with E-state index in [-0.39, 0.29) is 6.10 Å². The van der Waals surface area contributed by atoms with Crippen molar-refractivity contribution < 1.29 is 9.84 Å². The maximum atomic E-state index is 10.1. The summed E-state index contributed by atoms with van der Waals surface area (Å²) in [6, 6.07) is 0. The summed E-state index contributed by atoms with van der Waals surface area (Å²) in [7, 11) is 0. The monoisotopic (exact) mass is 252 g/mol. The third kappa shape index (κ3) is 3.82. The zero-order chi connectivity index (χ0) is 12.8. The van der Waals surface area contributed by atoms with Gasteiger partial charge in [0, 0.05) is 32.0 Å². The molecule has 2 atom stereocenters. The molecule has 1 saturated heterocycles. The van der Waals surface area contributed by atoms with Gasteiger partial charge in [0.05, 0.1) is 12.2 Å². The highest BCUT2D eigenvalue weighted by molar-refractivity contribution is 4.94. The lowest BCUT2D eigenvalue weighted by atomic mass is 10.1. The molecule has 0 amide bonds. The minimum Gasteiger partial charge on any atom is -0.393 e. The number of aliphatic hydroxyl groups is 1. The Morgan fingerprint density at radius 2 is 2.50 bits per heavy atom. The zero-order valence-electron chi connectivity index (χ0n) is 11.2. The average Bonchev–Trinajstić information content (AvgIpc) is 2.99. The van der Waals surface area contributed by atoms with E-state index in [0.29, 0.717) is 12.5 Å². The number of aliphatic hydroxyl groups excluding tert-OH is 1. The first-order chi connectivity index (χ1) is 8.79. The van der Waals surface area contributed by atoms with Gasteiger partial charge in [-0.25, -0.2) is 4.98 Å². The topological polar surface area (TPSA) is 47.3 Å². The van der Waals surface area contributed by atoms with E-state index in [1.165, 1.54) is 6.42 Å². The molecule has 2 heterocycles. The third-order valence-electron chi connectivity index (χ3n) is 3.53. The molecule has 4 nitrogen and oxygen atoms in total. The van der Waals surface area contributed by atoms with E-state index < -0.39 is 0 Å². The van der Waals surface area contributed by atoms with Crippen LogP contribution in [0.1, 0.15) is 44.9 Å². The van der Waals surface area contributed by atoms with Gasteiger partial charge in [0.25, 0.3) is 0 Å². The van der Waals surface area contributed by atoms with E-state index in [1.54, 1.807) is 0 Å². The van der Waals surface area contributed by atoms with Crippen LogP contribution in [0.5, 0.6) is 0 Å². The highest BCUT2D eigenvalue weighted by atomic mass is 16.5. The Balaban J connectivity index is 1.75. The van der Waals surface area contributed by atoms with Crippen LogP contribution in [-0.2, 0) is 17.7 Å². The molecule has 1 N–H and O–H groups in total. The van der Waals surface area contributed by atoms with Gasteiger partial charge >= 0.3 is 0 Å². The molecule has 2 unspecified atom stereocenters. The summed E-state index contributed by atoms with van der Waals surface area (Å²) in [5.74, 6) is 0.997. The van der Waals surface area contributed by atoms with Crippen molar-refractivity contribution in [3.05, 3.63) is 18.2 Å². The van der Waals surface area contributed by atoms with E-state index in [4.69, 9.17) is 4.74 Å². The molecule has 2 rings (SSSR count). The molecule has 1 aromatic rings. The lowest BCUT2D eigenvalue weighted by Gasteiger charge is -2.14. The average molecular weight is 252 g/mol. The van der Waals surface area contributed by atoms with Gasteiger partial charge in [-0.3, -0.25) is 0 Å². The number of aryl methyl sites for hydroxylation is 1. The van der Waals surface area contributed by atoms with Gasteiger partial charge in [-0.1, -0.05) is 6.92 Å². The van der Waals surface area contributed by atoms with Gasteiger partial charge in [-0.05, 0) is 32.1 Å². The molecule has 18 heavy (non-hydrogen) atoms. The molecule has 1 aromatic heterocycles. The summed E-state index contributed by atoms with van der Waals surface area (Å²) in [4.78, 5) is 4.33. The van der Waals surface area contributed by atoms with Crippen LogP contribution in [0.2, 0.25) is 0 Å². The second-order valence-electron chi connectivity index (χ2n) is 5.11. The van der Waals surface area contributed by atoms with Crippen LogP contribution < -0.4 is 0 Å². The first kappa shape index (κ1) is 13.6. The van der Waals surface area contributed by atoms with Gasteiger partial charge in [0.1, 0.15) is 5.82 Å². The molecule has 0 aromatic carbocycles. The fourth-order valence-electron chi connectivity index (χ4n) is 2.54. The van der Waals surface area contributed by atoms with Crippen molar-refractivity contribution in [2.75, 3.05) is 6.61 Å². The Labute approximate surface area is 109 Å². The van der Waals surface area contributed by atoms with Crippen molar-refractivity contribution in [1.82, 2.24) is 9.55 Å². The van der Waals surface area contributed by atoms with Crippen LogP contribution in [0.15, 0.2) is 12.4 Å². The first-order valence-corrected chi connectivity index (χ1v) is 7.09. The number of hydrogen-bond donors (Lipinski definition) is 1. The predicted octanol–water partition coefficient (Wildman–Crippen LogP) is 2.16. The first-order valence-electron chi connectivity index (χ1n) is 7.09. The Bertz CT molecular complexity index is 345. The van der Waals surface area contributed by atoms with Crippen LogP contribution in [-0.4, -0.2) is 33.5 Å². The van der Waals surface area contributed by atoms with E-state index >= 15 is 0 Å². The van der Waals surface area contributed by atoms with Gasteiger partial charge in [0.15, 0.2) is 0 Å². The van der Waals surface area contributed by atoms with Crippen LogP contribution in [0.3, 0.4) is 0 Å². The maximum absolute atomic E-state index is 10.1. The van der Waals surface area contributed by atoms with Gasteiger partial charge in [-0.15, -0.1) is 0 Å². The maximum Gasteiger partial charge on any atom is 0.111 e. The largest absolute Gasteiger partial charge is 0.393 e. The molecule has 4 heteroatoms. The highest BCUT2D eigenvalue weighted by Crippen LogP contribution is 2.18. The molecule has 0 radical (unpaired) electrons. The summed E-state index contributed by atoms with van der Waals surface area (Å²) in [6.45, 7) is 4.02. The molecule has 1 aliphatic rings. The summed E-state index contributed by atoms with van der Waals surface area (Å²) in [5.41, 5.74) is 0. The quantitative estimate of drug-likeness (QED) is 0.809. The lowest BCUT2D eigenvalue weighted by molar-refractivity contribution is 0.0806. The second-order valence-corrected chi connectivity index (χ2v) is 5.11. The molecule has 1 aliphatic heterocycles. The summed E-state index contributed by atoms with van der Waals surface area (Å²) in [5, 5.41) is 10.1. The van der Waals surface area contributed by atoms with Crippen LogP contribution in [0.25, 0.3) is 0 Å². The minimum atomic E-state index is -0.299. The Kier molecular flexibility index (Phi) is 5.20. The van der Waals surface area contributed by atoms with Gasteiger partial charge < -0.3 is 14.4 Å². The number of aromatic nitrogens is 2. The predicted molar refractivity (Wildman–Crippen MR) is 70.4 cm³/mol. The van der Waals surface area contributed by atoms with Gasteiger partial charge in [-0.2, -0.15) is 0 Å². The van der Waals surface area contributed by atoms with Crippen LogP contribution in [0, 0.1) is 0 Å². The van der Waals surface area contributed by atoms with Gasteiger partial charge in [0.2, 0.25) is 0 Å². The second kappa shape index (κ2) is 6.90. The van der Waals surface area contributed by atoms with Crippen molar-refractivity contribution in [3.8, 4) is 0 Å². The number of ether oxygens (including phenoxy) is 1. The molecule has 102 valence electrons. The fraction of sp³-hybridized carbons (Fsp3) is 0.786. The Hall–Kier alpha value is -0.870. The molecule has 0 aliphatic carbocycles. The minimum absolute atomic E-state index is 0.299. The van der Waals surface area contributed by atoms with Crippen molar-refractivity contribution in [2.45, 2.75) is 64.2 Å².